The number of rotatable bonds is 5. The van der Waals surface area contributed by atoms with E-state index in [0.717, 1.165) is 32.5 Å². The smallest absolute Gasteiger partial charge is 0.271 e. The van der Waals surface area contributed by atoms with E-state index >= 15 is 0 Å². The Bertz CT molecular complexity index is 448. The van der Waals surface area contributed by atoms with Crippen molar-refractivity contribution in [2.45, 2.75) is 12.8 Å². The summed E-state index contributed by atoms with van der Waals surface area (Å²) in [4.78, 5) is 24.0. The van der Waals surface area contributed by atoms with Crippen LogP contribution in [0.15, 0.2) is 12.4 Å². The first-order chi connectivity index (χ1) is 9.08. The highest BCUT2D eigenvalue weighted by molar-refractivity contribution is 5.95. The molecule has 1 saturated heterocycles. The molecule has 0 radical (unpaired) electrons. The van der Waals surface area contributed by atoms with E-state index in [9.17, 15) is 4.79 Å². The van der Waals surface area contributed by atoms with Crippen molar-refractivity contribution in [3.8, 4) is 0 Å². The number of carbonyl (C=O) groups is 1. The monoisotopic (exact) mass is 263 g/mol. The van der Waals surface area contributed by atoms with Crippen LogP contribution in [0.4, 0.5) is 5.82 Å². The molecule has 2 N–H and O–H groups in total. The molecule has 1 aromatic heterocycles. The van der Waals surface area contributed by atoms with Crippen LogP contribution in [0.25, 0.3) is 0 Å². The lowest BCUT2D eigenvalue weighted by Crippen LogP contribution is -2.26. The van der Waals surface area contributed by atoms with Gasteiger partial charge in [-0.25, -0.2) is 9.97 Å². The minimum atomic E-state index is -0.514. The van der Waals surface area contributed by atoms with Gasteiger partial charge in [-0.1, -0.05) is 0 Å². The molecule has 0 spiro atoms. The van der Waals surface area contributed by atoms with Crippen molar-refractivity contribution in [3.63, 3.8) is 0 Å². The van der Waals surface area contributed by atoms with Crippen LogP contribution in [-0.2, 0) is 0 Å². The summed E-state index contributed by atoms with van der Waals surface area (Å²) in [5.74, 6) is 0.757. The maximum Gasteiger partial charge on any atom is 0.271 e. The van der Waals surface area contributed by atoms with Crippen LogP contribution in [0.1, 0.15) is 23.3 Å². The molecule has 6 nitrogen and oxygen atoms in total. The van der Waals surface area contributed by atoms with Crippen LogP contribution < -0.4 is 10.6 Å². The first kappa shape index (κ1) is 13.7. The summed E-state index contributed by atoms with van der Waals surface area (Å²) in [6, 6.07) is 0. The summed E-state index contributed by atoms with van der Waals surface area (Å²) in [6.45, 7) is 2.92. The second-order valence-electron chi connectivity index (χ2n) is 5.29. The Morgan fingerprint density at radius 3 is 2.89 bits per heavy atom. The number of hydrogen-bond acceptors (Lipinski definition) is 5. The second-order valence-corrected chi connectivity index (χ2v) is 5.29. The standard InChI is InChI=1S/C13H21N5O/c1-17(2)7-3-10-4-8-18(9-10)13-11(12(14)19)15-5-6-16-13/h5-6,10H,3-4,7-9H2,1-2H3,(H2,14,19). The van der Waals surface area contributed by atoms with Crippen LogP contribution in [0.2, 0.25) is 0 Å². The van der Waals surface area contributed by atoms with E-state index in [0.29, 0.717) is 11.7 Å². The van der Waals surface area contributed by atoms with Crippen molar-refractivity contribution >= 4 is 11.7 Å². The average Bonchev–Trinajstić information content (AvgIpc) is 2.85. The predicted molar refractivity (Wildman–Crippen MR) is 74.0 cm³/mol. The Labute approximate surface area is 113 Å². The van der Waals surface area contributed by atoms with E-state index in [1.165, 1.54) is 6.20 Å². The summed E-state index contributed by atoms with van der Waals surface area (Å²) >= 11 is 0. The van der Waals surface area contributed by atoms with Crippen molar-refractivity contribution in [1.82, 2.24) is 14.9 Å². The van der Waals surface area contributed by atoms with Crippen molar-refractivity contribution in [2.24, 2.45) is 11.7 Å². The Hall–Kier alpha value is -1.69. The van der Waals surface area contributed by atoms with Crippen LogP contribution in [0.3, 0.4) is 0 Å². The number of amides is 1. The minimum Gasteiger partial charge on any atom is -0.364 e. The Kier molecular flexibility index (Phi) is 4.31. The molecular formula is C13H21N5O. The van der Waals surface area contributed by atoms with Crippen molar-refractivity contribution < 1.29 is 4.79 Å². The van der Waals surface area contributed by atoms with Gasteiger partial charge in [0.15, 0.2) is 11.5 Å². The van der Waals surface area contributed by atoms with Gasteiger partial charge in [0, 0.05) is 25.5 Å². The normalized spacial score (nSPS) is 19.1. The summed E-state index contributed by atoms with van der Waals surface area (Å²) in [5.41, 5.74) is 5.61. The summed E-state index contributed by atoms with van der Waals surface area (Å²) in [5, 5.41) is 0. The van der Waals surface area contributed by atoms with Gasteiger partial charge < -0.3 is 15.5 Å². The molecule has 6 heteroatoms. The Morgan fingerprint density at radius 2 is 2.21 bits per heavy atom. The average molecular weight is 263 g/mol. The Morgan fingerprint density at radius 1 is 1.47 bits per heavy atom. The molecule has 0 aromatic carbocycles. The maximum absolute atomic E-state index is 11.4. The van der Waals surface area contributed by atoms with Crippen molar-refractivity contribution in [1.29, 1.82) is 0 Å². The molecule has 1 fully saturated rings. The van der Waals surface area contributed by atoms with Gasteiger partial charge in [0.25, 0.3) is 5.91 Å². The molecule has 0 aliphatic carbocycles. The largest absolute Gasteiger partial charge is 0.364 e. The molecule has 1 unspecified atom stereocenters. The third-order valence-electron chi connectivity index (χ3n) is 3.48. The number of hydrogen-bond donors (Lipinski definition) is 1. The van der Waals surface area contributed by atoms with Crippen LogP contribution in [0.5, 0.6) is 0 Å². The van der Waals surface area contributed by atoms with Crippen molar-refractivity contribution in [2.75, 3.05) is 38.6 Å². The van der Waals surface area contributed by atoms with E-state index in [1.54, 1.807) is 6.20 Å². The third kappa shape index (κ3) is 3.41. The summed E-state index contributed by atoms with van der Waals surface area (Å²) < 4.78 is 0. The highest BCUT2D eigenvalue weighted by Gasteiger charge is 2.26. The fourth-order valence-electron chi connectivity index (χ4n) is 2.44. The molecule has 1 aliphatic rings. The molecule has 1 amide bonds. The quantitative estimate of drug-likeness (QED) is 0.830. The van der Waals surface area contributed by atoms with E-state index in [1.807, 2.05) is 0 Å². The number of primary amides is 1. The highest BCUT2D eigenvalue weighted by Crippen LogP contribution is 2.25. The third-order valence-corrected chi connectivity index (χ3v) is 3.48. The molecule has 0 bridgehead atoms. The molecule has 1 aliphatic heterocycles. The predicted octanol–water partition coefficient (Wildman–Crippen LogP) is 0.354. The fourth-order valence-corrected chi connectivity index (χ4v) is 2.44. The van der Waals surface area contributed by atoms with Gasteiger partial charge in [-0.2, -0.15) is 0 Å². The van der Waals surface area contributed by atoms with Gasteiger partial charge in [0.05, 0.1) is 0 Å². The Balaban J connectivity index is 2.03. The highest BCUT2D eigenvalue weighted by atomic mass is 16.1. The SMILES string of the molecule is CN(C)CCC1CCN(c2nccnc2C(N)=O)C1. The molecule has 1 atom stereocenters. The van der Waals surface area contributed by atoms with E-state index in [-0.39, 0.29) is 5.69 Å². The van der Waals surface area contributed by atoms with Crippen LogP contribution in [0, 0.1) is 5.92 Å². The van der Waals surface area contributed by atoms with Gasteiger partial charge in [-0.15, -0.1) is 0 Å². The molecule has 0 saturated carbocycles. The number of anilines is 1. The fraction of sp³-hybridized carbons (Fsp3) is 0.615. The maximum atomic E-state index is 11.4. The summed E-state index contributed by atoms with van der Waals surface area (Å²) in [7, 11) is 4.17. The van der Waals surface area contributed by atoms with Crippen LogP contribution >= 0.6 is 0 Å². The molecule has 104 valence electrons. The lowest BCUT2D eigenvalue weighted by Gasteiger charge is -2.19. The zero-order valence-corrected chi connectivity index (χ0v) is 11.5. The summed E-state index contributed by atoms with van der Waals surface area (Å²) in [6.07, 6.45) is 5.40. The van der Waals surface area contributed by atoms with Gasteiger partial charge >= 0.3 is 0 Å². The molecule has 2 rings (SSSR count). The van der Waals surface area contributed by atoms with Gasteiger partial charge in [0.2, 0.25) is 0 Å². The van der Waals surface area contributed by atoms with Crippen molar-refractivity contribution in [3.05, 3.63) is 18.1 Å². The first-order valence-electron chi connectivity index (χ1n) is 6.58. The van der Waals surface area contributed by atoms with Gasteiger partial charge in [-0.05, 0) is 39.4 Å². The number of aromatic nitrogens is 2. The van der Waals surface area contributed by atoms with Gasteiger partial charge in [0.1, 0.15) is 0 Å². The lowest BCUT2D eigenvalue weighted by molar-refractivity contribution is 0.0995. The molecule has 2 heterocycles. The number of nitrogens with zero attached hydrogens (tertiary/aromatic N) is 4. The minimum absolute atomic E-state index is 0.274. The molecule has 1 aromatic rings. The van der Waals surface area contributed by atoms with Gasteiger partial charge in [-0.3, -0.25) is 4.79 Å². The second kappa shape index (κ2) is 5.97. The zero-order valence-electron chi connectivity index (χ0n) is 11.5. The number of carbonyl (C=O) groups excluding carboxylic acids is 1. The first-order valence-corrected chi connectivity index (χ1v) is 6.58. The zero-order chi connectivity index (χ0) is 13.8. The topological polar surface area (TPSA) is 75.3 Å². The van der Waals surface area contributed by atoms with Crippen LogP contribution in [-0.4, -0.2) is 54.5 Å². The van der Waals surface area contributed by atoms with E-state index in [2.05, 4.69) is 33.9 Å². The van der Waals surface area contributed by atoms with E-state index < -0.39 is 5.91 Å². The number of nitrogens with two attached hydrogens (primary N) is 1. The molecule has 19 heavy (non-hydrogen) atoms. The van der Waals surface area contributed by atoms with E-state index in [4.69, 9.17) is 5.73 Å². The molecular weight excluding hydrogens is 242 g/mol. The lowest BCUT2D eigenvalue weighted by atomic mass is 10.1.